The SMILES string of the molecule is Cc1ccc(N)c(C(=O)Nn2cccc2)c1. The highest BCUT2D eigenvalue weighted by atomic mass is 16.2. The molecular formula is C12H13N3O. The quantitative estimate of drug-likeness (QED) is 0.750. The maximum absolute atomic E-state index is 11.9. The maximum atomic E-state index is 11.9. The van der Waals surface area contributed by atoms with E-state index in [4.69, 9.17) is 5.73 Å². The highest BCUT2D eigenvalue weighted by molar-refractivity contribution is 6.04. The Morgan fingerprint density at radius 1 is 1.31 bits per heavy atom. The van der Waals surface area contributed by atoms with Crippen LogP contribution in [0.3, 0.4) is 0 Å². The molecule has 0 radical (unpaired) electrons. The van der Waals surface area contributed by atoms with Gasteiger partial charge in [-0.1, -0.05) is 11.6 Å². The molecule has 0 aliphatic rings. The fourth-order valence-corrected chi connectivity index (χ4v) is 1.45. The first kappa shape index (κ1) is 10.3. The zero-order chi connectivity index (χ0) is 11.5. The van der Waals surface area contributed by atoms with E-state index in [1.54, 1.807) is 29.2 Å². The number of hydrogen-bond donors (Lipinski definition) is 2. The summed E-state index contributed by atoms with van der Waals surface area (Å²) in [6.45, 7) is 1.92. The Morgan fingerprint density at radius 3 is 2.69 bits per heavy atom. The van der Waals surface area contributed by atoms with E-state index in [-0.39, 0.29) is 5.91 Å². The van der Waals surface area contributed by atoms with E-state index in [1.807, 2.05) is 25.1 Å². The van der Waals surface area contributed by atoms with Gasteiger partial charge in [0.15, 0.2) is 0 Å². The number of nitrogens with two attached hydrogens (primary N) is 1. The number of carbonyl (C=O) groups excluding carboxylic acids is 1. The monoisotopic (exact) mass is 215 g/mol. The fraction of sp³-hybridized carbons (Fsp3) is 0.0833. The third-order valence-corrected chi connectivity index (χ3v) is 2.29. The van der Waals surface area contributed by atoms with E-state index >= 15 is 0 Å². The van der Waals surface area contributed by atoms with E-state index in [1.165, 1.54) is 0 Å². The van der Waals surface area contributed by atoms with E-state index in [0.29, 0.717) is 11.3 Å². The molecule has 3 N–H and O–H groups in total. The van der Waals surface area contributed by atoms with Crippen LogP contribution in [0.4, 0.5) is 5.69 Å². The largest absolute Gasteiger partial charge is 0.398 e. The van der Waals surface area contributed by atoms with Crippen molar-refractivity contribution in [2.75, 3.05) is 11.2 Å². The van der Waals surface area contributed by atoms with Crippen molar-refractivity contribution >= 4 is 11.6 Å². The topological polar surface area (TPSA) is 60.1 Å². The van der Waals surface area contributed by atoms with Crippen molar-refractivity contribution in [3.05, 3.63) is 53.9 Å². The lowest BCUT2D eigenvalue weighted by Gasteiger charge is -2.08. The smallest absolute Gasteiger partial charge is 0.272 e. The molecule has 16 heavy (non-hydrogen) atoms. The summed E-state index contributed by atoms with van der Waals surface area (Å²) >= 11 is 0. The maximum Gasteiger partial charge on any atom is 0.272 e. The van der Waals surface area contributed by atoms with Gasteiger partial charge in [-0.05, 0) is 31.2 Å². The van der Waals surface area contributed by atoms with Crippen LogP contribution in [0.5, 0.6) is 0 Å². The van der Waals surface area contributed by atoms with Crippen LogP contribution in [0.2, 0.25) is 0 Å². The van der Waals surface area contributed by atoms with Crippen LogP contribution in [0.15, 0.2) is 42.7 Å². The summed E-state index contributed by atoms with van der Waals surface area (Å²) in [5.74, 6) is -0.211. The van der Waals surface area contributed by atoms with Crippen LogP contribution < -0.4 is 11.2 Å². The number of amides is 1. The summed E-state index contributed by atoms with van der Waals surface area (Å²) in [5.41, 5.74) is 10.4. The lowest BCUT2D eigenvalue weighted by Crippen LogP contribution is -2.22. The number of aromatic nitrogens is 1. The molecule has 1 heterocycles. The molecule has 4 heteroatoms. The predicted molar refractivity (Wildman–Crippen MR) is 63.7 cm³/mol. The van der Waals surface area contributed by atoms with E-state index in [2.05, 4.69) is 5.43 Å². The summed E-state index contributed by atoms with van der Waals surface area (Å²) < 4.78 is 1.59. The van der Waals surface area contributed by atoms with Crippen LogP contribution >= 0.6 is 0 Å². The molecule has 0 spiro atoms. The molecule has 0 bridgehead atoms. The third-order valence-electron chi connectivity index (χ3n) is 2.29. The molecule has 0 aliphatic carbocycles. The van der Waals surface area contributed by atoms with Gasteiger partial charge in [0.2, 0.25) is 0 Å². The van der Waals surface area contributed by atoms with Crippen LogP contribution in [-0.2, 0) is 0 Å². The first-order valence-electron chi connectivity index (χ1n) is 4.97. The third kappa shape index (κ3) is 2.06. The molecule has 0 unspecified atom stereocenters. The van der Waals surface area contributed by atoms with E-state index < -0.39 is 0 Å². The molecule has 82 valence electrons. The molecule has 0 saturated carbocycles. The van der Waals surface area contributed by atoms with Crippen molar-refractivity contribution in [3.63, 3.8) is 0 Å². The van der Waals surface area contributed by atoms with Gasteiger partial charge in [-0.15, -0.1) is 0 Å². The molecule has 2 aromatic rings. The average molecular weight is 215 g/mol. The Labute approximate surface area is 93.7 Å². The second-order valence-corrected chi connectivity index (χ2v) is 3.62. The minimum absolute atomic E-state index is 0.211. The van der Waals surface area contributed by atoms with Gasteiger partial charge in [-0.25, -0.2) is 0 Å². The number of benzene rings is 1. The molecule has 4 nitrogen and oxygen atoms in total. The normalized spacial score (nSPS) is 10.1. The molecule has 1 aromatic carbocycles. The molecule has 2 rings (SSSR count). The van der Waals surface area contributed by atoms with Crippen molar-refractivity contribution in [2.45, 2.75) is 6.92 Å². The highest BCUT2D eigenvalue weighted by Crippen LogP contribution is 2.13. The van der Waals surface area contributed by atoms with Crippen LogP contribution in [0.1, 0.15) is 15.9 Å². The Bertz CT molecular complexity index is 503. The summed E-state index contributed by atoms with van der Waals surface area (Å²) in [6, 6.07) is 9.05. The number of rotatable bonds is 2. The van der Waals surface area contributed by atoms with Crippen LogP contribution in [0, 0.1) is 6.92 Å². The molecule has 0 saturated heterocycles. The summed E-state index contributed by atoms with van der Waals surface area (Å²) in [6.07, 6.45) is 3.51. The zero-order valence-corrected chi connectivity index (χ0v) is 8.97. The first-order chi connectivity index (χ1) is 7.66. The number of nitrogen functional groups attached to an aromatic ring is 1. The number of nitrogens with one attached hydrogen (secondary N) is 1. The number of nitrogens with zero attached hydrogens (tertiary/aromatic N) is 1. The van der Waals surface area contributed by atoms with E-state index in [0.717, 1.165) is 5.56 Å². The second kappa shape index (κ2) is 4.10. The van der Waals surface area contributed by atoms with Crippen LogP contribution in [-0.4, -0.2) is 10.6 Å². The van der Waals surface area contributed by atoms with Gasteiger partial charge in [0, 0.05) is 18.1 Å². The highest BCUT2D eigenvalue weighted by Gasteiger charge is 2.09. The summed E-state index contributed by atoms with van der Waals surface area (Å²) in [5, 5.41) is 0. The van der Waals surface area contributed by atoms with Gasteiger partial charge in [0.1, 0.15) is 0 Å². The molecule has 0 atom stereocenters. The zero-order valence-electron chi connectivity index (χ0n) is 8.97. The average Bonchev–Trinajstić information content (AvgIpc) is 2.74. The Kier molecular flexibility index (Phi) is 2.64. The minimum atomic E-state index is -0.211. The summed E-state index contributed by atoms with van der Waals surface area (Å²) in [7, 11) is 0. The Hall–Kier alpha value is -2.23. The van der Waals surface area contributed by atoms with Crippen LogP contribution in [0.25, 0.3) is 0 Å². The van der Waals surface area contributed by atoms with Gasteiger partial charge in [0.25, 0.3) is 5.91 Å². The molecule has 0 aliphatic heterocycles. The fourth-order valence-electron chi connectivity index (χ4n) is 1.45. The number of hydrogen-bond acceptors (Lipinski definition) is 2. The molecule has 0 fully saturated rings. The predicted octanol–water partition coefficient (Wildman–Crippen LogP) is 1.76. The lowest BCUT2D eigenvalue weighted by atomic mass is 10.1. The van der Waals surface area contributed by atoms with Gasteiger partial charge in [0.05, 0.1) is 5.56 Å². The lowest BCUT2D eigenvalue weighted by molar-refractivity contribution is 0.101. The minimum Gasteiger partial charge on any atom is -0.398 e. The molecular weight excluding hydrogens is 202 g/mol. The number of aryl methyl sites for hydroxylation is 1. The van der Waals surface area contributed by atoms with Gasteiger partial charge in [-0.3, -0.25) is 14.9 Å². The van der Waals surface area contributed by atoms with Crippen molar-refractivity contribution in [3.8, 4) is 0 Å². The second-order valence-electron chi connectivity index (χ2n) is 3.62. The Morgan fingerprint density at radius 2 is 2.00 bits per heavy atom. The van der Waals surface area contributed by atoms with Crippen molar-refractivity contribution < 1.29 is 4.79 Å². The standard InChI is InChI=1S/C12H13N3O/c1-9-4-5-11(13)10(8-9)12(16)14-15-6-2-3-7-15/h2-8H,13H2,1H3,(H,14,16). The van der Waals surface area contributed by atoms with Gasteiger partial charge in [-0.2, -0.15) is 0 Å². The van der Waals surface area contributed by atoms with Crippen molar-refractivity contribution in [2.24, 2.45) is 0 Å². The van der Waals surface area contributed by atoms with E-state index in [9.17, 15) is 4.79 Å². The van der Waals surface area contributed by atoms with Gasteiger partial charge < -0.3 is 5.73 Å². The number of anilines is 1. The van der Waals surface area contributed by atoms with Gasteiger partial charge >= 0.3 is 0 Å². The summed E-state index contributed by atoms with van der Waals surface area (Å²) in [4.78, 5) is 11.9. The number of carbonyl (C=O) groups is 1. The molecule has 1 aromatic heterocycles. The molecule has 1 amide bonds. The van der Waals surface area contributed by atoms with Crippen molar-refractivity contribution in [1.29, 1.82) is 0 Å². The van der Waals surface area contributed by atoms with Crippen molar-refractivity contribution in [1.82, 2.24) is 4.68 Å². The first-order valence-corrected chi connectivity index (χ1v) is 4.97. The Balaban J connectivity index is 2.24.